The molecule has 0 spiro atoms. The quantitative estimate of drug-likeness (QED) is 0.791. The molecule has 1 aliphatic heterocycles. The number of carbonyl (C=O) groups excluding carboxylic acids is 1. The molecule has 0 saturated carbocycles. The van der Waals surface area contributed by atoms with Gasteiger partial charge in [-0.05, 0) is 50.5 Å². The van der Waals surface area contributed by atoms with Gasteiger partial charge in [0.15, 0.2) is 4.77 Å². The summed E-state index contributed by atoms with van der Waals surface area (Å²) in [6.07, 6.45) is 2.73. The SMILES string of the molecule is CC(C)(C#N)c1ccc([C@H]2CCCN2C(=O)c2c[nH]c(=S)[nH]c2=O)cc1F. The molecule has 0 aliphatic carbocycles. The minimum absolute atomic E-state index is 0.0294. The first-order valence-corrected chi connectivity index (χ1v) is 8.99. The Labute approximate surface area is 160 Å². The molecule has 27 heavy (non-hydrogen) atoms. The number of hydrogen-bond donors (Lipinski definition) is 2. The summed E-state index contributed by atoms with van der Waals surface area (Å²) >= 11 is 4.85. The number of amides is 1. The van der Waals surface area contributed by atoms with Crippen LogP contribution in [0.1, 0.15) is 54.2 Å². The van der Waals surface area contributed by atoms with Crippen molar-refractivity contribution in [2.45, 2.75) is 38.1 Å². The second kappa shape index (κ2) is 7.08. The van der Waals surface area contributed by atoms with E-state index in [1.54, 1.807) is 30.9 Å². The molecule has 1 saturated heterocycles. The van der Waals surface area contributed by atoms with E-state index < -0.39 is 22.7 Å². The summed E-state index contributed by atoms with van der Waals surface area (Å²) < 4.78 is 14.8. The minimum atomic E-state index is -0.942. The molecule has 1 amide bonds. The molecule has 2 N–H and O–H groups in total. The van der Waals surface area contributed by atoms with Crippen molar-refractivity contribution in [1.82, 2.24) is 14.9 Å². The third-order valence-electron chi connectivity index (χ3n) is 4.89. The summed E-state index contributed by atoms with van der Waals surface area (Å²) in [7, 11) is 0. The number of rotatable bonds is 3. The largest absolute Gasteiger partial charge is 0.338 e. The maximum absolute atomic E-state index is 14.6. The second-order valence-electron chi connectivity index (χ2n) is 7.12. The van der Waals surface area contributed by atoms with Crippen molar-refractivity contribution in [3.05, 3.63) is 62.0 Å². The number of carbonyl (C=O) groups is 1. The zero-order valence-electron chi connectivity index (χ0n) is 15.0. The average Bonchev–Trinajstić information content (AvgIpc) is 3.10. The molecule has 1 atom stereocenters. The Hall–Kier alpha value is -2.79. The lowest BCUT2D eigenvalue weighted by Crippen LogP contribution is -2.34. The molecule has 8 heteroatoms. The number of nitrogens with one attached hydrogen (secondary N) is 2. The smallest absolute Gasteiger partial charge is 0.264 e. The number of halogens is 1. The van der Waals surface area contributed by atoms with E-state index in [9.17, 15) is 19.2 Å². The second-order valence-corrected chi connectivity index (χ2v) is 7.53. The van der Waals surface area contributed by atoms with Crippen LogP contribution in [0.5, 0.6) is 0 Å². The predicted molar refractivity (Wildman–Crippen MR) is 100 cm³/mol. The Morgan fingerprint density at radius 3 is 2.81 bits per heavy atom. The number of nitrogens with zero attached hydrogens (tertiary/aromatic N) is 2. The number of aromatic nitrogens is 2. The lowest BCUT2D eigenvalue weighted by molar-refractivity contribution is 0.0733. The van der Waals surface area contributed by atoms with Crippen LogP contribution in [0.25, 0.3) is 0 Å². The number of hydrogen-bond acceptors (Lipinski definition) is 4. The molecule has 1 aromatic heterocycles. The molecule has 2 aromatic rings. The lowest BCUT2D eigenvalue weighted by atomic mass is 9.85. The van der Waals surface area contributed by atoms with E-state index in [1.165, 1.54) is 12.3 Å². The summed E-state index contributed by atoms with van der Waals surface area (Å²) in [5.74, 6) is -0.896. The van der Waals surface area contributed by atoms with Crippen LogP contribution >= 0.6 is 12.2 Å². The standard InChI is InChI=1S/C19H19FN4O2S/c1-19(2,10-21)13-6-5-11(8-14(13)20)15-4-3-7-24(15)17(26)12-9-22-18(27)23-16(12)25/h5-6,8-9,15H,3-4,7H2,1-2H3,(H2,22,23,25,27)/t15-/m1/s1. The number of nitriles is 1. The van der Waals surface area contributed by atoms with E-state index in [0.29, 0.717) is 24.1 Å². The highest BCUT2D eigenvalue weighted by molar-refractivity contribution is 7.71. The molecule has 1 fully saturated rings. The highest BCUT2D eigenvalue weighted by Gasteiger charge is 2.33. The van der Waals surface area contributed by atoms with Gasteiger partial charge in [0, 0.05) is 18.3 Å². The molecule has 1 aromatic carbocycles. The molecule has 2 heterocycles. The van der Waals surface area contributed by atoms with Crippen molar-refractivity contribution in [2.24, 2.45) is 0 Å². The highest BCUT2D eigenvalue weighted by Crippen LogP contribution is 2.35. The minimum Gasteiger partial charge on any atom is -0.338 e. The van der Waals surface area contributed by atoms with E-state index in [4.69, 9.17) is 12.2 Å². The summed E-state index contributed by atoms with van der Waals surface area (Å²) in [4.78, 5) is 31.5. The fraction of sp³-hybridized carbons (Fsp3) is 0.368. The summed E-state index contributed by atoms with van der Waals surface area (Å²) in [6.45, 7) is 3.79. The first-order chi connectivity index (χ1) is 12.7. The molecule has 0 radical (unpaired) electrons. The van der Waals surface area contributed by atoms with Gasteiger partial charge in [0.1, 0.15) is 11.4 Å². The van der Waals surface area contributed by atoms with Crippen LogP contribution in [0.3, 0.4) is 0 Å². The third-order valence-corrected chi connectivity index (χ3v) is 5.11. The van der Waals surface area contributed by atoms with Gasteiger partial charge in [-0.25, -0.2) is 4.39 Å². The van der Waals surface area contributed by atoms with Gasteiger partial charge < -0.3 is 9.88 Å². The van der Waals surface area contributed by atoms with E-state index in [-0.39, 0.29) is 16.4 Å². The molecular formula is C19H19FN4O2S. The van der Waals surface area contributed by atoms with Gasteiger partial charge in [0.25, 0.3) is 11.5 Å². The van der Waals surface area contributed by atoms with Crippen LogP contribution in [0.15, 0.2) is 29.2 Å². The number of H-pyrrole nitrogens is 2. The summed E-state index contributed by atoms with van der Waals surface area (Å²) in [6, 6.07) is 6.49. The van der Waals surface area contributed by atoms with Gasteiger partial charge in [0.2, 0.25) is 0 Å². The first kappa shape index (κ1) is 19.0. The van der Waals surface area contributed by atoms with Gasteiger partial charge in [-0.1, -0.05) is 12.1 Å². The Morgan fingerprint density at radius 1 is 1.44 bits per heavy atom. The molecule has 140 valence electrons. The van der Waals surface area contributed by atoms with E-state index in [2.05, 4.69) is 16.0 Å². The molecule has 1 aliphatic rings. The van der Waals surface area contributed by atoms with E-state index in [1.807, 2.05) is 0 Å². The van der Waals surface area contributed by atoms with Crippen LogP contribution in [0.4, 0.5) is 4.39 Å². The molecule has 6 nitrogen and oxygen atoms in total. The molecular weight excluding hydrogens is 367 g/mol. The summed E-state index contributed by atoms with van der Waals surface area (Å²) in [5, 5.41) is 9.23. The Morgan fingerprint density at radius 2 is 2.19 bits per heavy atom. The maximum Gasteiger partial charge on any atom is 0.264 e. The van der Waals surface area contributed by atoms with Crippen LogP contribution < -0.4 is 5.56 Å². The fourth-order valence-corrected chi connectivity index (χ4v) is 3.54. The highest BCUT2D eigenvalue weighted by atomic mass is 32.1. The molecule has 0 unspecified atom stereocenters. The van der Waals surface area contributed by atoms with Crippen LogP contribution in [-0.2, 0) is 5.41 Å². The number of likely N-dealkylation sites (tertiary alicyclic amines) is 1. The van der Waals surface area contributed by atoms with Crippen LogP contribution in [0, 0.1) is 21.9 Å². The lowest BCUT2D eigenvalue weighted by Gasteiger charge is -2.26. The number of benzene rings is 1. The fourth-order valence-electron chi connectivity index (χ4n) is 3.39. The number of aromatic amines is 2. The normalized spacial score (nSPS) is 17.0. The van der Waals surface area contributed by atoms with Crippen molar-refractivity contribution < 1.29 is 9.18 Å². The van der Waals surface area contributed by atoms with E-state index >= 15 is 0 Å². The van der Waals surface area contributed by atoms with Crippen molar-refractivity contribution in [3.63, 3.8) is 0 Å². The van der Waals surface area contributed by atoms with Crippen molar-refractivity contribution in [2.75, 3.05) is 6.54 Å². The van der Waals surface area contributed by atoms with Gasteiger partial charge in [-0.2, -0.15) is 5.26 Å². The average molecular weight is 386 g/mol. The zero-order chi connectivity index (χ0) is 19.8. The monoisotopic (exact) mass is 386 g/mol. The Balaban J connectivity index is 1.94. The van der Waals surface area contributed by atoms with Gasteiger partial charge in [0.05, 0.1) is 17.5 Å². The Bertz CT molecular complexity index is 1050. The van der Waals surface area contributed by atoms with Crippen LogP contribution in [0.2, 0.25) is 0 Å². The van der Waals surface area contributed by atoms with E-state index in [0.717, 1.165) is 6.42 Å². The van der Waals surface area contributed by atoms with Gasteiger partial charge in [-0.3, -0.25) is 14.6 Å². The summed E-state index contributed by atoms with van der Waals surface area (Å²) in [5.41, 5.74) is -0.555. The maximum atomic E-state index is 14.6. The van der Waals surface area contributed by atoms with Gasteiger partial charge >= 0.3 is 0 Å². The third kappa shape index (κ3) is 3.55. The van der Waals surface area contributed by atoms with Crippen LogP contribution in [-0.4, -0.2) is 27.3 Å². The van der Waals surface area contributed by atoms with Gasteiger partial charge in [-0.15, -0.1) is 0 Å². The zero-order valence-corrected chi connectivity index (χ0v) is 15.8. The first-order valence-electron chi connectivity index (χ1n) is 8.59. The predicted octanol–water partition coefficient (Wildman–Crippen LogP) is 3.35. The van der Waals surface area contributed by atoms with Crippen molar-refractivity contribution in [1.29, 1.82) is 5.26 Å². The van der Waals surface area contributed by atoms with Crippen molar-refractivity contribution >= 4 is 18.1 Å². The molecule has 3 rings (SSSR count). The Kier molecular flexibility index (Phi) is 4.98. The molecule has 0 bridgehead atoms. The topological polar surface area (TPSA) is 92.8 Å². The van der Waals surface area contributed by atoms with Crippen molar-refractivity contribution in [3.8, 4) is 6.07 Å².